The number of amides is 1. The van der Waals surface area contributed by atoms with Gasteiger partial charge in [0.1, 0.15) is 24.4 Å². The van der Waals surface area contributed by atoms with Crippen LogP contribution in [0.5, 0.6) is 0 Å². The van der Waals surface area contributed by atoms with Crippen molar-refractivity contribution in [3.8, 4) is 0 Å². The summed E-state index contributed by atoms with van der Waals surface area (Å²) in [7, 11) is 0. The summed E-state index contributed by atoms with van der Waals surface area (Å²) in [4.78, 5) is 26.5. The highest BCUT2D eigenvalue weighted by molar-refractivity contribution is 5.80. The second kappa shape index (κ2) is 55.1. The molecule has 1 aliphatic rings. The summed E-state index contributed by atoms with van der Waals surface area (Å²) >= 11 is 0. The molecule has 1 amide bonds. The van der Waals surface area contributed by atoms with Gasteiger partial charge in [-0.3, -0.25) is 9.59 Å². The molecule has 11 nitrogen and oxygen atoms in total. The van der Waals surface area contributed by atoms with Crippen LogP contribution in [0.4, 0.5) is 0 Å². The Balaban J connectivity index is 2.70. The van der Waals surface area contributed by atoms with Gasteiger partial charge in [0.2, 0.25) is 5.91 Å². The smallest absolute Gasteiger partial charge is 0.306 e. The first-order chi connectivity index (χ1) is 39.2. The zero-order valence-electron chi connectivity index (χ0n) is 49.9. The lowest BCUT2D eigenvalue weighted by Crippen LogP contribution is -2.61. The number of aliphatic hydroxyl groups is 5. The summed E-state index contributed by atoms with van der Waals surface area (Å²) in [6.45, 7) is 5.47. The molecule has 0 aromatic heterocycles. The van der Waals surface area contributed by atoms with E-state index in [-0.39, 0.29) is 19.4 Å². The number of esters is 1. The predicted octanol–water partition coefficient (Wildman–Crippen LogP) is 15.0. The molecule has 0 saturated carbocycles. The molecule has 11 heteroatoms. The van der Waals surface area contributed by atoms with E-state index in [0.29, 0.717) is 12.8 Å². The predicted molar refractivity (Wildman–Crippen MR) is 333 cm³/mol. The SMILES string of the molecule is CC/C=C\C/C=C\C/C=C\C/C=C\C/C=C\C/C=C\CCCCCCCC(O)C(=O)NC(COC1OC(CO)C(O)C(O)C1OC(=O)CCCCC/C=C/C=C\C=C/C=C/C=C/CC)C(O)/C=C/CCCCCCCCCCCC. The first-order valence-corrected chi connectivity index (χ1v) is 31.2. The summed E-state index contributed by atoms with van der Waals surface area (Å²) in [5.74, 6) is -1.27. The molecule has 1 aliphatic heterocycles. The van der Waals surface area contributed by atoms with Crippen LogP contribution in [0.2, 0.25) is 0 Å². The van der Waals surface area contributed by atoms with Gasteiger partial charge in [0.25, 0.3) is 0 Å². The third kappa shape index (κ3) is 42.4. The molecule has 1 rings (SSSR count). The molecule has 0 aromatic carbocycles. The van der Waals surface area contributed by atoms with Crippen LogP contribution >= 0.6 is 0 Å². The third-order valence-corrected chi connectivity index (χ3v) is 13.6. The van der Waals surface area contributed by atoms with Gasteiger partial charge in [-0.1, -0.05) is 256 Å². The molecule has 1 heterocycles. The zero-order valence-corrected chi connectivity index (χ0v) is 49.9. The molecular weight excluding hydrogens is 1000 g/mol. The van der Waals surface area contributed by atoms with Crippen LogP contribution in [0.25, 0.3) is 0 Å². The Bertz CT molecular complexity index is 1850. The Morgan fingerprint density at radius 1 is 0.512 bits per heavy atom. The van der Waals surface area contributed by atoms with Crippen molar-refractivity contribution in [3.05, 3.63) is 146 Å². The van der Waals surface area contributed by atoms with E-state index in [1.807, 2.05) is 54.7 Å². The largest absolute Gasteiger partial charge is 0.454 e. The highest BCUT2D eigenvalue weighted by atomic mass is 16.7. The Labute approximate surface area is 485 Å². The standard InChI is InChI=1S/C69H111NO10/c1-4-7-10-13-16-19-22-25-27-28-29-30-31-32-33-34-35-37-38-41-44-47-50-53-56-62(73)68(77)70-60(61(72)55-52-49-46-43-40-24-21-18-15-12-9-6-3)59-78-69-67(66(76)65(75)63(58-71)79-69)80-64(74)57-54-51-48-45-42-39-36-26-23-20-17-14-11-8-5-2/h7-8,10-11,14,16-17,19-20,23,25-27,29-30,32-33,35-37,39,42,52,55,60-63,65-67,69,71-73,75-76H,4-6,9,12-13,15,18,21-22,24,28,31,34,38,40-41,43-51,53-54,56-59H2,1-3H3,(H,70,77)/b10-7-,11-8+,17-14+,19-16-,23-20-,27-25-,30-29-,33-32-,36-26-,37-35-,42-39+,55-52+. The Morgan fingerprint density at radius 2 is 0.963 bits per heavy atom. The first-order valence-electron chi connectivity index (χ1n) is 31.2. The summed E-state index contributed by atoms with van der Waals surface area (Å²) in [5.41, 5.74) is 0. The third-order valence-electron chi connectivity index (χ3n) is 13.6. The van der Waals surface area contributed by atoms with Gasteiger partial charge in [-0.15, -0.1) is 0 Å². The molecule has 1 saturated heterocycles. The minimum atomic E-state index is -1.64. The number of hydrogen-bond acceptors (Lipinski definition) is 10. The van der Waals surface area contributed by atoms with Crippen molar-refractivity contribution in [2.45, 2.75) is 262 Å². The van der Waals surface area contributed by atoms with E-state index in [4.69, 9.17) is 14.2 Å². The Hall–Kier alpha value is -4.46. The van der Waals surface area contributed by atoms with Crippen molar-refractivity contribution < 1.29 is 49.3 Å². The lowest BCUT2D eigenvalue weighted by molar-refractivity contribution is -0.305. The number of allylic oxidation sites excluding steroid dienone is 23. The summed E-state index contributed by atoms with van der Waals surface area (Å²) in [5, 5.41) is 57.0. The van der Waals surface area contributed by atoms with E-state index in [2.05, 4.69) is 111 Å². The summed E-state index contributed by atoms with van der Waals surface area (Å²) in [6.07, 6.45) is 68.8. The molecule has 6 N–H and O–H groups in total. The monoisotopic (exact) mass is 1110 g/mol. The van der Waals surface area contributed by atoms with E-state index >= 15 is 0 Å². The molecule has 0 radical (unpaired) electrons. The topological polar surface area (TPSA) is 175 Å². The maximum Gasteiger partial charge on any atom is 0.306 e. The van der Waals surface area contributed by atoms with E-state index in [0.717, 1.165) is 122 Å². The molecule has 80 heavy (non-hydrogen) atoms. The highest BCUT2D eigenvalue weighted by Crippen LogP contribution is 2.26. The number of aliphatic hydroxyl groups excluding tert-OH is 5. The van der Waals surface area contributed by atoms with Crippen LogP contribution < -0.4 is 5.32 Å². The molecule has 0 bridgehead atoms. The molecule has 8 atom stereocenters. The lowest BCUT2D eigenvalue weighted by Gasteiger charge is -2.41. The second-order valence-electron chi connectivity index (χ2n) is 20.8. The number of carbonyl (C=O) groups excluding carboxylic acids is 2. The fraction of sp³-hybridized carbons (Fsp3) is 0.623. The van der Waals surface area contributed by atoms with Gasteiger partial charge in [0, 0.05) is 6.42 Å². The van der Waals surface area contributed by atoms with E-state index in [9.17, 15) is 35.1 Å². The summed E-state index contributed by atoms with van der Waals surface area (Å²) < 4.78 is 17.5. The maximum atomic E-state index is 13.4. The molecule has 0 aliphatic carbocycles. The number of unbranched alkanes of at least 4 members (excludes halogenated alkanes) is 18. The van der Waals surface area contributed by atoms with Crippen LogP contribution in [-0.4, -0.2) is 99.6 Å². The summed E-state index contributed by atoms with van der Waals surface area (Å²) in [6, 6.07) is -1.05. The number of nitrogens with one attached hydrogen (secondary N) is 1. The molecule has 0 spiro atoms. The van der Waals surface area contributed by atoms with E-state index in [1.54, 1.807) is 6.08 Å². The van der Waals surface area contributed by atoms with E-state index < -0.39 is 67.4 Å². The quantitative estimate of drug-likeness (QED) is 0.0149. The number of rotatable bonds is 50. The van der Waals surface area contributed by atoms with Gasteiger partial charge in [-0.05, 0) is 96.3 Å². The van der Waals surface area contributed by atoms with Crippen LogP contribution in [0.1, 0.15) is 213 Å². The van der Waals surface area contributed by atoms with Crippen LogP contribution in [0.3, 0.4) is 0 Å². The van der Waals surface area contributed by atoms with Crippen LogP contribution in [-0.2, 0) is 23.8 Å². The molecular formula is C69H111NO10. The zero-order chi connectivity index (χ0) is 58.2. The second-order valence-corrected chi connectivity index (χ2v) is 20.8. The van der Waals surface area contributed by atoms with Crippen molar-refractivity contribution in [1.29, 1.82) is 0 Å². The van der Waals surface area contributed by atoms with Crippen molar-refractivity contribution in [1.82, 2.24) is 5.32 Å². The van der Waals surface area contributed by atoms with Crippen molar-refractivity contribution in [2.75, 3.05) is 13.2 Å². The van der Waals surface area contributed by atoms with Crippen molar-refractivity contribution >= 4 is 11.9 Å². The number of carbonyl (C=O) groups is 2. The van der Waals surface area contributed by atoms with Gasteiger partial charge in [0.15, 0.2) is 12.4 Å². The van der Waals surface area contributed by atoms with Gasteiger partial charge in [-0.2, -0.15) is 0 Å². The lowest BCUT2D eigenvalue weighted by atomic mass is 9.99. The maximum absolute atomic E-state index is 13.4. The van der Waals surface area contributed by atoms with Gasteiger partial charge in [0.05, 0.1) is 25.4 Å². The molecule has 452 valence electrons. The Morgan fingerprint density at radius 3 is 1.50 bits per heavy atom. The average molecular weight is 1110 g/mol. The highest BCUT2D eigenvalue weighted by Gasteiger charge is 2.47. The number of hydrogen-bond donors (Lipinski definition) is 6. The minimum Gasteiger partial charge on any atom is -0.454 e. The van der Waals surface area contributed by atoms with Crippen LogP contribution in [0, 0.1) is 0 Å². The van der Waals surface area contributed by atoms with E-state index in [1.165, 1.54) is 44.9 Å². The van der Waals surface area contributed by atoms with Crippen molar-refractivity contribution in [2.24, 2.45) is 0 Å². The fourth-order valence-electron chi connectivity index (χ4n) is 8.73. The molecule has 0 aromatic rings. The Kier molecular flexibility index (Phi) is 50.7. The minimum absolute atomic E-state index is 0.0638. The average Bonchev–Trinajstić information content (AvgIpc) is 3.46. The van der Waals surface area contributed by atoms with Gasteiger partial charge < -0.3 is 45.1 Å². The first kappa shape index (κ1) is 73.6. The van der Waals surface area contributed by atoms with Gasteiger partial charge in [-0.25, -0.2) is 0 Å². The van der Waals surface area contributed by atoms with Crippen molar-refractivity contribution in [3.63, 3.8) is 0 Å². The number of ether oxygens (including phenoxy) is 3. The molecule has 1 fully saturated rings. The normalized spacial score (nSPS) is 19.8. The fourth-order valence-corrected chi connectivity index (χ4v) is 8.73. The molecule has 8 unspecified atom stereocenters. The van der Waals surface area contributed by atoms with Gasteiger partial charge >= 0.3 is 5.97 Å². The van der Waals surface area contributed by atoms with Crippen LogP contribution in [0.15, 0.2) is 146 Å².